The Kier molecular flexibility index (Phi) is 6.53. The summed E-state index contributed by atoms with van der Waals surface area (Å²) in [6.07, 6.45) is 8.08. The molecule has 25 heavy (non-hydrogen) atoms. The van der Waals surface area contributed by atoms with E-state index in [9.17, 15) is 5.11 Å². The summed E-state index contributed by atoms with van der Waals surface area (Å²) in [5, 5.41) is 13.9. The van der Waals surface area contributed by atoms with Gasteiger partial charge in [-0.05, 0) is 58.3 Å². The van der Waals surface area contributed by atoms with Gasteiger partial charge in [-0.2, -0.15) is 5.10 Å². The van der Waals surface area contributed by atoms with Gasteiger partial charge in [-0.1, -0.05) is 6.92 Å². The fourth-order valence-electron chi connectivity index (χ4n) is 4.48. The van der Waals surface area contributed by atoms with Crippen LogP contribution < -0.4 is 0 Å². The summed E-state index contributed by atoms with van der Waals surface area (Å²) < 4.78 is 7.90. The summed E-state index contributed by atoms with van der Waals surface area (Å²) in [5.41, 5.74) is 3.64. The number of aliphatic hydroxyl groups is 1. The number of hydrogen-bond acceptors (Lipinski definition) is 4. The van der Waals surface area contributed by atoms with Gasteiger partial charge in [0.25, 0.3) is 0 Å². The Labute approximate surface area is 152 Å². The number of aryl methyl sites for hydroxylation is 1. The van der Waals surface area contributed by atoms with E-state index in [0.717, 1.165) is 31.3 Å². The maximum atomic E-state index is 9.26. The van der Waals surface area contributed by atoms with Crippen LogP contribution in [0.25, 0.3) is 0 Å². The van der Waals surface area contributed by atoms with Crippen LogP contribution in [0.2, 0.25) is 0 Å². The van der Waals surface area contributed by atoms with Crippen LogP contribution >= 0.6 is 0 Å². The Morgan fingerprint density at radius 3 is 2.60 bits per heavy atom. The fraction of sp³-hybridized carbons (Fsp3) is 0.850. The Hall–Kier alpha value is -0.910. The third-order valence-corrected chi connectivity index (χ3v) is 6.17. The van der Waals surface area contributed by atoms with Crippen molar-refractivity contribution in [3.63, 3.8) is 0 Å². The maximum absolute atomic E-state index is 9.26. The van der Waals surface area contributed by atoms with Crippen molar-refractivity contribution in [2.45, 2.75) is 84.5 Å². The molecule has 0 bridgehead atoms. The topological polar surface area (TPSA) is 50.5 Å². The average molecular weight is 350 g/mol. The summed E-state index contributed by atoms with van der Waals surface area (Å²) >= 11 is 0. The molecular weight excluding hydrogens is 314 g/mol. The predicted molar refractivity (Wildman–Crippen MR) is 99.6 cm³/mol. The molecule has 2 heterocycles. The second kappa shape index (κ2) is 8.65. The van der Waals surface area contributed by atoms with Gasteiger partial charge in [-0.15, -0.1) is 0 Å². The normalized spacial score (nSPS) is 27.3. The molecule has 1 aromatic rings. The molecule has 5 nitrogen and oxygen atoms in total. The summed E-state index contributed by atoms with van der Waals surface area (Å²) in [6, 6.07) is 0.667. The molecule has 1 aliphatic carbocycles. The highest BCUT2D eigenvalue weighted by Gasteiger charge is 2.29. The smallest absolute Gasteiger partial charge is 0.0703 e. The van der Waals surface area contributed by atoms with Crippen LogP contribution in [-0.4, -0.2) is 51.7 Å². The van der Waals surface area contributed by atoms with E-state index in [1.165, 1.54) is 49.8 Å². The van der Waals surface area contributed by atoms with Crippen LogP contribution in [-0.2, 0) is 17.8 Å². The van der Waals surface area contributed by atoms with Crippen LogP contribution in [0.3, 0.4) is 0 Å². The average Bonchev–Trinajstić information content (AvgIpc) is 3.19. The molecule has 1 aliphatic heterocycles. The first-order valence-corrected chi connectivity index (χ1v) is 10.1. The molecule has 0 radical (unpaired) electrons. The van der Waals surface area contributed by atoms with Crippen molar-refractivity contribution in [1.29, 1.82) is 0 Å². The lowest BCUT2D eigenvalue weighted by molar-refractivity contribution is 0.0408. The SMILES string of the molecule is Cc1nn(CCO)c(C)c1CN(CC1CCCO1)C1CCC(C)CC1. The van der Waals surface area contributed by atoms with Crippen molar-refractivity contribution in [3.05, 3.63) is 17.0 Å². The van der Waals surface area contributed by atoms with Gasteiger partial charge in [0.1, 0.15) is 0 Å². The van der Waals surface area contributed by atoms with E-state index in [-0.39, 0.29) is 6.61 Å². The lowest BCUT2D eigenvalue weighted by Gasteiger charge is -2.37. The molecule has 0 amide bonds. The minimum absolute atomic E-state index is 0.140. The third kappa shape index (κ3) is 4.63. The monoisotopic (exact) mass is 349 g/mol. The minimum atomic E-state index is 0.140. The predicted octanol–water partition coefficient (Wildman–Crippen LogP) is 3.05. The number of ether oxygens (including phenoxy) is 1. The van der Waals surface area contributed by atoms with E-state index in [0.29, 0.717) is 18.7 Å². The molecule has 1 saturated heterocycles. The van der Waals surface area contributed by atoms with Gasteiger partial charge >= 0.3 is 0 Å². The molecule has 1 N–H and O–H groups in total. The Bertz CT molecular complexity index is 543. The van der Waals surface area contributed by atoms with Gasteiger partial charge in [-0.25, -0.2) is 0 Å². The van der Waals surface area contributed by atoms with Crippen molar-refractivity contribution in [2.24, 2.45) is 5.92 Å². The maximum Gasteiger partial charge on any atom is 0.0703 e. The Morgan fingerprint density at radius 1 is 1.20 bits per heavy atom. The summed E-state index contributed by atoms with van der Waals surface area (Å²) in [5.74, 6) is 0.872. The van der Waals surface area contributed by atoms with Gasteiger partial charge in [0.2, 0.25) is 0 Å². The van der Waals surface area contributed by atoms with Gasteiger partial charge in [0, 0.05) is 37.0 Å². The molecule has 1 aromatic heterocycles. The van der Waals surface area contributed by atoms with Gasteiger partial charge < -0.3 is 9.84 Å². The number of rotatable bonds is 7. The second-order valence-electron chi connectivity index (χ2n) is 8.07. The van der Waals surface area contributed by atoms with Gasteiger partial charge in [0.15, 0.2) is 0 Å². The Balaban J connectivity index is 1.74. The van der Waals surface area contributed by atoms with E-state index in [1.807, 2.05) is 4.68 Å². The molecule has 0 spiro atoms. The molecule has 1 unspecified atom stereocenters. The van der Waals surface area contributed by atoms with Crippen molar-refractivity contribution < 1.29 is 9.84 Å². The fourth-order valence-corrected chi connectivity index (χ4v) is 4.48. The van der Waals surface area contributed by atoms with Crippen LogP contribution in [0.5, 0.6) is 0 Å². The van der Waals surface area contributed by atoms with Crippen molar-refractivity contribution >= 4 is 0 Å². The highest BCUT2D eigenvalue weighted by Crippen LogP contribution is 2.30. The lowest BCUT2D eigenvalue weighted by Crippen LogP contribution is -2.42. The molecule has 1 saturated carbocycles. The number of aliphatic hydroxyl groups excluding tert-OH is 1. The second-order valence-corrected chi connectivity index (χ2v) is 8.07. The first-order chi connectivity index (χ1) is 12.1. The number of aromatic nitrogens is 2. The summed E-state index contributed by atoms with van der Waals surface area (Å²) in [6.45, 7) is 10.3. The zero-order chi connectivity index (χ0) is 17.8. The number of nitrogens with zero attached hydrogens (tertiary/aromatic N) is 3. The van der Waals surface area contributed by atoms with Gasteiger partial charge in [-0.3, -0.25) is 9.58 Å². The quantitative estimate of drug-likeness (QED) is 0.822. The highest BCUT2D eigenvalue weighted by molar-refractivity contribution is 5.24. The van der Waals surface area contributed by atoms with Crippen LogP contribution in [0.1, 0.15) is 62.4 Å². The number of hydrogen-bond donors (Lipinski definition) is 1. The molecule has 142 valence electrons. The first-order valence-electron chi connectivity index (χ1n) is 10.1. The zero-order valence-corrected chi connectivity index (χ0v) is 16.2. The van der Waals surface area contributed by atoms with Gasteiger partial charge in [0.05, 0.1) is 24.9 Å². The Morgan fingerprint density at radius 2 is 1.96 bits per heavy atom. The highest BCUT2D eigenvalue weighted by atomic mass is 16.5. The molecule has 0 aromatic carbocycles. The minimum Gasteiger partial charge on any atom is -0.394 e. The zero-order valence-electron chi connectivity index (χ0n) is 16.2. The van der Waals surface area contributed by atoms with Crippen LogP contribution in [0, 0.1) is 19.8 Å². The standard InChI is InChI=1S/C20H35N3O2/c1-15-6-8-18(9-7-15)22(13-19-5-4-12-25-19)14-20-16(2)21-23(10-11-24)17(20)3/h15,18-19,24H,4-14H2,1-3H3. The third-order valence-electron chi connectivity index (χ3n) is 6.17. The van der Waals surface area contributed by atoms with E-state index in [2.05, 4.69) is 30.8 Å². The molecule has 1 atom stereocenters. The summed E-state index contributed by atoms with van der Waals surface area (Å²) in [4.78, 5) is 2.67. The van der Waals surface area contributed by atoms with E-state index in [4.69, 9.17) is 4.74 Å². The lowest BCUT2D eigenvalue weighted by atomic mass is 9.86. The van der Waals surface area contributed by atoms with Crippen LogP contribution in [0.4, 0.5) is 0 Å². The molecular formula is C20H35N3O2. The molecule has 3 rings (SSSR count). The van der Waals surface area contributed by atoms with Crippen molar-refractivity contribution in [1.82, 2.24) is 14.7 Å². The molecule has 2 aliphatic rings. The van der Waals surface area contributed by atoms with Crippen molar-refractivity contribution in [2.75, 3.05) is 19.8 Å². The van der Waals surface area contributed by atoms with E-state index >= 15 is 0 Å². The first kappa shape index (κ1) is 18.9. The van der Waals surface area contributed by atoms with E-state index in [1.54, 1.807) is 0 Å². The van der Waals surface area contributed by atoms with Crippen molar-refractivity contribution in [3.8, 4) is 0 Å². The largest absolute Gasteiger partial charge is 0.394 e. The molecule has 2 fully saturated rings. The van der Waals surface area contributed by atoms with E-state index < -0.39 is 0 Å². The van der Waals surface area contributed by atoms with Crippen LogP contribution in [0.15, 0.2) is 0 Å². The molecule has 5 heteroatoms. The summed E-state index contributed by atoms with van der Waals surface area (Å²) in [7, 11) is 0.